The molecule has 0 unspecified atom stereocenters. The number of benzene rings is 1. The van der Waals surface area contributed by atoms with Crippen LogP contribution in [-0.4, -0.2) is 40.4 Å². The molecular weight excluding hydrogens is 427 g/mol. The van der Waals surface area contributed by atoms with Gasteiger partial charge in [-0.15, -0.1) is 0 Å². The van der Waals surface area contributed by atoms with Crippen LogP contribution in [0.1, 0.15) is 18.4 Å². The van der Waals surface area contributed by atoms with Crippen LogP contribution in [0.25, 0.3) is 21.9 Å². The number of nitrogens with one attached hydrogen (secondary N) is 1. The zero-order valence-corrected chi connectivity index (χ0v) is 17.8. The van der Waals surface area contributed by atoms with Gasteiger partial charge in [-0.2, -0.15) is 5.26 Å². The van der Waals surface area contributed by atoms with Crippen LogP contribution in [-0.2, 0) is 0 Å². The molecule has 2 aliphatic rings. The highest BCUT2D eigenvalue weighted by molar-refractivity contribution is 6.00. The lowest BCUT2D eigenvalue weighted by molar-refractivity contribution is 0.188. The van der Waals surface area contributed by atoms with E-state index in [1.807, 2.05) is 6.92 Å². The van der Waals surface area contributed by atoms with Crippen molar-refractivity contribution in [2.75, 3.05) is 29.1 Å². The van der Waals surface area contributed by atoms with Gasteiger partial charge in [0, 0.05) is 35.5 Å². The van der Waals surface area contributed by atoms with Crippen molar-refractivity contribution in [3.63, 3.8) is 0 Å². The number of amides is 1. The highest BCUT2D eigenvalue weighted by Gasteiger charge is 2.39. The molecule has 0 radical (unpaired) electrons. The molecule has 1 saturated carbocycles. The molecule has 3 aromatic rings. The summed E-state index contributed by atoms with van der Waals surface area (Å²) in [5.74, 6) is -0.344. The highest BCUT2D eigenvalue weighted by Crippen LogP contribution is 2.40. The van der Waals surface area contributed by atoms with Gasteiger partial charge in [-0.1, -0.05) is 0 Å². The van der Waals surface area contributed by atoms with Gasteiger partial charge in [-0.25, -0.2) is 19.2 Å². The average molecular weight is 448 g/mol. The molecule has 2 aromatic heterocycles. The number of hydrogen-bond acceptors (Lipinski definition) is 7. The van der Waals surface area contributed by atoms with Crippen molar-refractivity contribution in [3.8, 4) is 23.1 Å². The third-order valence-corrected chi connectivity index (χ3v) is 6.41. The summed E-state index contributed by atoms with van der Waals surface area (Å²) >= 11 is 0. The number of nitriles is 1. The second-order valence-corrected chi connectivity index (χ2v) is 8.20. The Balaban J connectivity index is 1.64. The zero-order valence-electron chi connectivity index (χ0n) is 17.8. The summed E-state index contributed by atoms with van der Waals surface area (Å²) < 4.78 is 20.9. The minimum Gasteiger partial charge on any atom is -0.474 e. The number of nitrogen functional groups attached to an aromatic ring is 1. The smallest absolute Gasteiger partial charge is 0.413 e. The Hall–Kier alpha value is -4.13. The maximum Gasteiger partial charge on any atom is 0.413 e. The molecular formula is C23H21FN6O3. The monoisotopic (exact) mass is 448 g/mol. The van der Waals surface area contributed by atoms with E-state index in [-0.39, 0.29) is 23.0 Å². The van der Waals surface area contributed by atoms with E-state index in [0.717, 1.165) is 10.5 Å². The van der Waals surface area contributed by atoms with E-state index in [1.54, 1.807) is 18.3 Å². The summed E-state index contributed by atoms with van der Waals surface area (Å²) in [4.78, 5) is 21.6. The lowest BCUT2D eigenvalue weighted by Gasteiger charge is -2.38. The van der Waals surface area contributed by atoms with Crippen LogP contribution in [0, 0.1) is 30.0 Å². The summed E-state index contributed by atoms with van der Waals surface area (Å²) in [6.07, 6.45) is 2.95. The second-order valence-electron chi connectivity index (χ2n) is 8.20. The molecule has 0 bridgehead atoms. The Labute approximate surface area is 188 Å². The Morgan fingerprint density at radius 2 is 2.15 bits per heavy atom. The minimum absolute atomic E-state index is 0.0803. The molecule has 1 aromatic carbocycles. The zero-order chi connectivity index (χ0) is 23.3. The molecule has 168 valence electrons. The van der Waals surface area contributed by atoms with E-state index in [9.17, 15) is 15.2 Å². The van der Waals surface area contributed by atoms with E-state index >= 15 is 4.39 Å². The Kier molecular flexibility index (Phi) is 4.89. The second kappa shape index (κ2) is 7.78. The standard InChI is InChI=1S/C23H21FN6O3/c1-11-15(9-29-22-21(11)27-4-5-33-22)14-6-13-7-18(28-10-16(13)20(26)19(14)24)30(23(31)32)17-3-2-12(17)8-25/h6-7,9-10,12,17,27H,2-5,26H2,1H3,(H,31,32)/t12-,17+/m1/s1. The number of carboxylic acid groups (broad SMARTS) is 1. The first-order chi connectivity index (χ1) is 15.9. The molecule has 2 atom stereocenters. The maximum absolute atomic E-state index is 15.3. The Morgan fingerprint density at radius 3 is 2.85 bits per heavy atom. The van der Waals surface area contributed by atoms with Crippen LogP contribution in [0.2, 0.25) is 0 Å². The molecule has 4 N–H and O–H groups in total. The van der Waals surface area contributed by atoms with E-state index in [2.05, 4.69) is 21.4 Å². The average Bonchev–Trinajstić information content (AvgIpc) is 2.79. The normalized spacial score (nSPS) is 18.9. The lowest BCUT2D eigenvalue weighted by Crippen LogP contribution is -2.49. The first-order valence-corrected chi connectivity index (χ1v) is 10.6. The van der Waals surface area contributed by atoms with E-state index in [0.29, 0.717) is 53.9 Å². The van der Waals surface area contributed by atoms with Crippen LogP contribution < -0.4 is 20.7 Å². The number of ether oxygens (including phenoxy) is 1. The largest absolute Gasteiger partial charge is 0.474 e. The molecule has 1 aliphatic heterocycles. The minimum atomic E-state index is -1.19. The quantitative estimate of drug-likeness (QED) is 0.513. The summed E-state index contributed by atoms with van der Waals surface area (Å²) in [6, 6.07) is 4.87. The van der Waals surface area contributed by atoms with Gasteiger partial charge in [0.1, 0.15) is 18.1 Å². The lowest BCUT2D eigenvalue weighted by atomic mass is 9.79. The highest BCUT2D eigenvalue weighted by atomic mass is 19.1. The first-order valence-electron chi connectivity index (χ1n) is 10.6. The van der Waals surface area contributed by atoms with E-state index in [1.165, 1.54) is 6.20 Å². The number of hydrogen-bond donors (Lipinski definition) is 3. The summed E-state index contributed by atoms with van der Waals surface area (Å²) in [6.45, 7) is 2.96. The number of carbonyl (C=O) groups is 1. The van der Waals surface area contributed by atoms with Crippen LogP contribution in [0.15, 0.2) is 24.5 Å². The predicted molar refractivity (Wildman–Crippen MR) is 121 cm³/mol. The molecule has 10 heteroatoms. The number of pyridine rings is 2. The van der Waals surface area contributed by atoms with Crippen LogP contribution in [0.3, 0.4) is 0 Å². The molecule has 1 fully saturated rings. The van der Waals surface area contributed by atoms with Crippen molar-refractivity contribution >= 4 is 34.1 Å². The molecule has 1 aliphatic carbocycles. The number of rotatable bonds is 3. The van der Waals surface area contributed by atoms with Crippen molar-refractivity contribution in [1.29, 1.82) is 5.26 Å². The van der Waals surface area contributed by atoms with Crippen molar-refractivity contribution < 1.29 is 19.0 Å². The molecule has 1 amide bonds. The number of nitrogens with zero attached hydrogens (tertiary/aromatic N) is 4. The fourth-order valence-corrected chi connectivity index (χ4v) is 4.46. The first kappa shape index (κ1) is 20.8. The fourth-order valence-electron chi connectivity index (χ4n) is 4.46. The summed E-state index contributed by atoms with van der Waals surface area (Å²) in [5.41, 5.74) is 8.31. The van der Waals surface area contributed by atoms with Crippen molar-refractivity contribution in [1.82, 2.24) is 9.97 Å². The molecule has 33 heavy (non-hydrogen) atoms. The van der Waals surface area contributed by atoms with Crippen molar-refractivity contribution in [2.45, 2.75) is 25.8 Å². The fraction of sp³-hybridized carbons (Fsp3) is 0.304. The SMILES string of the molecule is Cc1c(-c2cc3cc(N(C(=O)O)[C@H]4CC[C@@H]4C#N)ncc3c(N)c2F)cnc2c1NCCO2. The van der Waals surface area contributed by atoms with Crippen molar-refractivity contribution in [2.24, 2.45) is 5.92 Å². The van der Waals surface area contributed by atoms with Crippen LogP contribution in [0.4, 0.5) is 26.4 Å². The number of halogens is 1. The molecule has 0 spiro atoms. The van der Waals surface area contributed by atoms with Gasteiger partial charge >= 0.3 is 6.09 Å². The maximum atomic E-state index is 15.3. The third-order valence-electron chi connectivity index (χ3n) is 6.41. The Morgan fingerprint density at radius 1 is 1.33 bits per heavy atom. The molecule has 3 heterocycles. The number of nitrogens with two attached hydrogens (primary N) is 1. The van der Waals surface area contributed by atoms with Crippen LogP contribution >= 0.6 is 0 Å². The summed E-state index contributed by atoms with van der Waals surface area (Å²) in [7, 11) is 0. The third kappa shape index (κ3) is 3.24. The van der Waals surface area contributed by atoms with Crippen molar-refractivity contribution in [3.05, 3.63) is 35.9 Å². The number of aromatic nitrogens is 2. The topological polar surface area (TPSA) is 137 Å². The Bertz CT molecular complexity index is 1340. The van der Waals surface area contributed by atoms with E-state index < -0.39 is 18.0 Å². The molecule has 5 rings (SSSR count). The van der Waals surface area contributed by atoms with Gasteiger partial charge in [-0.3, -0.25) is 4.90 Å². The van der Waals surface area contributed by atoms with Gasteiger partial charge in [0.15, 0.2) is 5.82 Å². The number of fused-ring (bicyclic) bond motifs is 2. The molecule has 0 saturated heterocycles. The van der Waals surface area contributed by atoms with Gasteiger partial charge in [0.2, 0.25) is 5.88 Å². The number of anilines is 3. The van der Waals surface area contributed by atoms with Crippen LogP contribution in [0.5, 0.6) is 5.88 Å². The van der Waals surface area contributed by atoms with Gasteiger partial charge < -0.3 is 20.9 Å². The molecule has 9 nitrogen and oxygen atoms in total. The van der Waals surface area contributed by atoms with E-state index in [4.69, 9.17) is 10.5 Å². The van der Waals surface area contributed by atoms with Gasteiger partial charge in [-0.05, 0) is 42.8 Å². The van der Waals surface area contributed by atoms with Gasteiger partial charge in [0.05, 0.1) is 23.7 Å². The predicted octanol–water partition coefficient (Wildman–Crippen LogP) is 3.92. The van der Waals surface area contributed by atoms with Gasteiger partial charge in [0.25, 0.3) is 0 Å². The summed E-state index contributed by atoms with van der Waals surface area (Å²) in [5, 5.41) is 23.2.